The Labute approximate surface area is 356 Å². The summed E-state index contributed by atoms with van der Waals surface area (Å²) in [5.74, 6) is 0. The van der Waals surface area contributed by atoms with Crippen LogP contribution in [-0.4, -0.2) is 4.57 Å². The maximum absolute atomic E-state index is 2.45. The molecule has 0 radical (unpaired) electrons. The fraction of sp³-hybridized carbons (Fsp3) is 0.0508. The first kappa shape index (κ1) is 35.3. The van der Waals surface area contributed by atoms with Crippen LogP contribution in [0.5, 0.6) is 0 Å². The molecule has 1 aromatic heterocycles. The normalized spacial score (nSPS) is 12.9. The average molecular weight is 779 g/mol. The van der Waals surface area contributed by atoms with Crippen LogP contribution in [-0.2, 0) is 5.41 Å². The van der Waals surface area contributed by atoms with Gasteiger partial charge in [0.25, 0.3) is 0 Å². The van der Waals surface area contributed by atoms with Crippen molar-refractivity contribution >= 4 is 60.4 Å². The minimum absolute atomic E-state index is 0.0736. The van der Waals surface area contributed by atoms with E-state index in [1.165, 1.54) is 93.5 Å². The summed E-state index contributed by atoms with van der Waals surface area (Å²) in [5.41, 5.74) is 17.1. The van der Waals surface area contributed by atoms with E-state index in [2.05, 4.69) is 242 Å². The van der Waals surface area contributed by atoms with Crippen molar-refractivity contribution in [2.45, 2.75) is 19.3 Å². The van der Waals surface area contributed by atoms with Crippen LogP contribution in [0.4, 0.5) is 17.1 Å². The lowest BCUT2D eigenvalue weighted by Crippen LogP contribution is -2.15. The van der Waals surface area contributed by atoms with E-state index < -0.39 is 0 Å². The summed E-state index contributed by atoms with van der Waals surface area (Å²) >= 11 is 0. The molecule has 1 aliphatic carbocycles. The van der Waals surface area contributed by atoms with Crippen molar-refractivity contribution in [1.82, 2.24) is 4.57 Å². The van der Waals surface area contributed by atoms with Crippen LogP contribution in [0.2, 0.25) is 0 Å². The van der Waals surface area contributed by atoms with Crippen molar-refractivity contribution in [3.63, 3.8) is 0 Å². The molecule has 0 fully saturated rings. The predicted octanol–water partition coefficient (Wildman–Crippen LogP) is 16.2. The summed E-state index contributed by atoms with van der Waals surface area (Å²) in [6.07, 6.45) is 0. The SMILES string of the molecule is CC1(C)c2ccccc2-c2ccc(-n3c4ccccc4c4cc(-c5cccc(N(c6ccc(-c7ccccc7)cc6)c6cc7ccccc7c7ccccc67)c5)ccc43)cc21. The summed E-state index contributed by atoms with van der Waals surface area (Å²) in [6, 6.07) is 80.4. The van der Waals surface area contributed by atoms with E-state index in [4.69, 9.17) is 0 Å². The van der Waals surface area contributed by atoms with Crippen molar-refractivity contribution in [1.29, 1.82) is 0 Å². The summed E-state index contributed by atoms with van der Waals surface area (Å²) in [4.78, 5) is 2.44. The smallest absolute Gasteiger partial charge is 0.0546 e. The van der Waals surface area contributed by atoms with Gasteiger partial charge in [-0.2, -0.15) is 0 Å². The van der Waals surface area contributed by atoms with E-state index in [9.17, 15) is 0 Å². The van der Waals surface area contributed by atoms with Gasteiger partial charge in [-0.25, -0.2) is 0 Å². The molecule has 0 saturated heterocycles. The molecular formula is C59H42N2. The number of hydrogen-bond acceptors (Lipinski definition) is 1. The topological polar surface area (TPSA) is 8.17 Å². The van der Waals surface area contributed by atoms with Gasteiger partial charge in [-0.05, 0) is 121 Å². The van der Waals surface area contributed by atoms with E-state index in [1.807, 2.05) is 0 Å². The molecule has 0 saturated carbocycles. The largest absolute Gasteiger partial charge is 0.310 e. The number of fused-ring (bicyclic) bond motifs is 9. The van der Waals surface area contributed by atoms with Crippen LogP contribution in [0, 0.1) is 0 Å². The second kappa shape index (κ2) is 13.7. The van der Waals surface area contributed by atoms with E-state index in [0.717, 1.165) is 17.1 Å². The van der Waals surface area contributed by atoms with Crippen LogP contribution in [0.3, 0.4) is 0 Å². The minimum Gasteiger partial charge on any atom is -0.310 e. The van der Waals surface area contributed by atoms with Gasteiger partial charge in [0.2, 0.25) is 0 Å². The highest BCUT2D eigenvalue weighted by Gasteiger charge is 2.35. The second-order valence-corrected chi connectivity index (χ2v) is 16.9. The number of hydrogen-bond donors (Lipinski definition) is 0. The standard InChI is InChI=1S/C59H42N2/c1-59(2)54-25-12-10-22-49(54)50-33-32-46(38-55(50)59)61-56-26-13-11-24-52(56)53-36-42(29-34-57(53)61)41-18-14-19-45(35-41)60(44-30-27-40(28-31-44)39-15-4-3-5-16-39)58-37-43-17-6-7-20-47(43)48-21-8-9-23-51(48)58/h3-38H,1-2H3. The molecule has 0 amide bonds. The average Bonchev–Trinajstić information content (AvgIpc) is 3.77. The van der Waals surface area contributed by atoms with Gasteiger partial charge in [0.15, 0.2) is 0 Å². The zero-order valence-corrected chi connectivity index (χ0v) is 34.2. The summed E-state index contributed by atoms with van der Waals surface area (Å²) < 4.78 is 2.45. The Morgan fingerprint density at radius 3 is 1.84 bits per heavy atom. The molecule has 0 bridgehead atoms. The molecule has 0 unspecified atom stereocenters. The summed E-state index contributed by atoms with van der Waals surface area (Å²) in [7, 11) is 0. The maximum atomic E-state index is 2.45. The van der Waals surface area contributed by atoms with Gasteiger partial charge >= 0.3 is 0 Å². The third-order valence-corrected chi connectivity index (χ3v) is 13.2. The lowest BCUT2D eigenvalue weighted by Gasteiger charge is -2.28. The van der Waals surface area contributed by atoms with Gasteiger partial charge in [-0.1, -0.05) is 172 Å². The zero-order chi connectivity index (χ0) is 40.7. The highest BCUT2D eigenvalue weighted by molar-refractivity contribution is 6.15. The Hall–Kier alpha value is -7.68. The number of benzene rings is 10. The predicted molar refractivity (Wildman–Crippen MR) is 259 cm³/mol. The number of nitrogens with zero attached hydrogens (tertiary/aromatic N) is 2. The molecule has 2 heteroatoms. The highest BCUT2D eigenvalue weighted by Crippen LogP contribution is 2.50. The highest BCUT2D eigenvalue weighted by atomic mass is 15.1. The fourth-order valence-electron chi connectivity index (χ4n) is 10.2. The monoisotopic (exact) mass is 778 g/mol. The lowest BCUT2D eigenvalue weighted by atomic mass is 9.82. The number of rotatable bonds is 6. The van der Waals surface area contributed by atoms with Crippen molar-refractivity contribution in [2.24, 2.45) is 0 Å². The molecule has 12 rings (SSSR count). The molecule has 0 spiro atoms. The number of para-hydroxylation sites is 1. The Morgan fingerprint density at radius 1 is 0.361 bits per heavy atom. The Kier molecular flexibility index (Phi) is 7.92. The molecule has 61 heavy (non-hydrogen) atoms. The van der Waals surface area contributed by atoms with Crippen LogP contribution in [0.15, 0.2) is 218 Å². The molecule has 288 valence electrons. The first-order valence-corrected chi connectivity index (χ1v) is 21.3. The van der Waals surface area contributed by atoms with E-state index >= 15 is 0 Å². The van der Waals surface area contributed by atoms with Crippen LogP contribution in [0.1, 0.15) is 25.0 Å². The number of aromatic nitrogens is 1. The molecule has 10 aromatic carbocycles. The summed E-state index contributed by atoms with van der Waals surface area (Å²) in [6.45, 7) is 4.72. The Balaban J connectivity index is 1.01. The number of anilines is 3. The first-order chi connectivity index (χ1) is 30.0. The molecule has 1 heterocycles. The van der Waals surface area contributed by atoms with Crippen LogP contribution >= 0.6 is 0 Å². The lowest BCUT2D eigenvalue weighted by molar-refractivity contribution is 0.660. The first-order valence-electron chi connectivity index (χ1n) is 21.3. The van der Waals surface area contributed by atoms with Gasteiger partial charge in [-0.3, -0.25) is 0 Å². The molecule has 0 atom stereocenters. The van der Waals surface area contributed by atoms with Gasteiger partial charge < -0.3 is 9.47 Å². The van der Waals surface area contributed by atoms with E-state index in [1.54, 1.807) is 0 Å². The maximum Gasteiger partial charge on any atom is 0.0546 e. The molecule has 0 N–H and O–H groups in total. The van der Waals surface area contributed by atoms with Gasteiger partial charge in [0.1, 0.15) is 0 Å². The van der Waals surface area contributed by atoms with Gasteiger partial charge in [0.05, 0.1) is 16.7 Å². The van der Waals surface area contributed by atoms with Crippen LogP contribution < -0.4 is 4.90 Å². The van der Waals surface area contributed by atoms with Crippen molar-refractivity contribution in [3.05, 3.63) is 230 Å². The van der Waals surface area contributed by atoms with Crippen molar-refractivity contribution in [3.8, 4) is 39.1 Å². The third-order valence-electron chi connectivity index (χ3n) is 13.2. The Morgan fingerprint density at radius 2 is 0.984 bits per heavy atom. The van der Waals surface area contributed by atoms with Crippen molar-refractivity contribution in [2.75, 3.05) is 4.90 Å². The van der Waals surface area contributed by atoms with E-state index in [-0.39, 0.29) is 5.41 Å². The summed E-state index contributed by atoms with van der Waals surface area (Å²) in [5, 5.41) is 7.44. The zero-order valence-electron chi connectivity index (χ0n) is 34.2. The van der Waals surface area contributed by atoms with Gasteiger partial charge in [-0.15, -0.1) is 0 Å². The molecule has 1 aliphatic rings. The molecule has 0 aliphatic heterocycles. The quantitative estimate of drug-likeness (QED) is 0.153. The molecular weight excluding hydrogens is 737 g/mol. The Bertz CT molecular complexity index is 3500. The third kappa shape index (κ3) is 5.56. The van der Waals surface area contributed by atoms with Crippen LogP contribution in [0.25, 0.3) is 82.4 Å². The minimum atomic E-state index is -0.0736. The fourth-order valence-corrected chi connectivity index (χ4v) is 10.2. The van der Waals surface area contributed by atoms with E-state index in [0.29, 0.717) is 0 Å². The van der Waals surface area contributed by atoms with Crippen molar-refractivity contribution < 1.29 is 0 Å². The molecule has 11 aromatic rings. The van der Waals surface area contributed by atoms with Gasteiger partial charge in [0, 0.05) is 38.6 Å². The second-order valence-electron chi connectivity index (χ2n) is 16.9. The molecule has 2 nitrogen and oxygen atoms in total.